The molecule has 0 saturated carbocycles. The quantitative estimate of drug-likeness (QED) is 0.761. The molecule has 0 aliphatic carbocycles. The van der Waals surface area contributed by atoms with Crippen LogP contribution in [0.3, 0.4) is 0 Å². The van der Waals surface area contributed by atoms with Crippen molar-refractivity contribution in [2.24, 2.45) is 0 Å². The molecule has 7 heteroatoms. The van der Waals surface area contributed by atoms with Gasteiger partial charge in [-0.3, -0.25) is 10.00 Å². The Balaban J connectivity index is 1.37. The molecule has 3 heterocycles. The summed E-state index contributed by atoms with van der Waals surface area (Å²) in [5.74, 6) is -0.557. The fraction of sp³-hybridized carbons (Fsp3) is 0.353. The van der Waals surface area contributed by atoms with Gasteiger partial charge in [0.15, 0.2) is 5.69 Å². The molecule has 1 fully saturated rings. The largest absolute Gasteiger partial charge is 0.476 e. The molecule has 0 unspecified atom stereocenters. The van der Waals surface area contributed by atoms with E-state index < -0.39 is 5.97 Å². The van der Waals surface area contributed by atoms with E-state index in [1.807, 2.05) is 6.20 Å². The summed E-state index contributed by atoms with van der Waals surface area (Å²) in [6, 6.07) is 6.42. The van der Waals surface area contributed by atoms with Gasteiger partial charge in [-0.2, -0.15) is 5.10 Å². The predicted octanol–water partition coefficient (Wildman–Crippen LogP) is 3.10. The van der Waals surface area contributed by atoms with Gasteiger partial charge in [0.1, 0.15) is 0 Å². The van der Waals surface area contributed by atoms with E-state index in [-0.39, 0.29) is 5.69 Å². The first-order valence-electron chi connectivity index (χ1n) is 8.02. The van der Waals surface area contributed by atoms with Crippen molar-refractivity contribution in [3.63, 3.8) is 0 Å². The van der Waals surface area contributed by atoms with Crippen LogP contribution in [0.1, 0.15) is 39.8 Å². The Morgan fingerprint density at radius 1 is 1.38 bits per heavy atom. The van der Waals surface area contributed by atoms with E-state index in [9.17, 15) is 4.79 Å². The highest BCUT2D eigenvalue weighted by molar-refractivity contribution is 7.09. The van der Waals surface area contributed by atoms with Crippen molar-refractivity contribution in [3.05, 3.63) is 46.0 Å². The van der Waals surface area contributed by atoms with Crippen molar-refractivity contribution in [1.29, 1.82) is 0 Å². The molecular weight excluding hydrogens is 324 g/mol. The molecule has 3 aromatic rings. The SMILES string of the molecule is O=C(O)c1csc(C2CCN(Cc3ccc4cn[nH]c4c3)CC2)n1. The fourth-order valence-electron chi connectivity index (χ4n) is 3.25. The van der Waals surface area contributed by atoms with E-state index in [0.29, 0.717) is 5.92 Å². The van der Waals surface area contributed by atoms with Gasteiger partial charge in [-0.15, -0.1) is 11.3 Å². The van der Waals surface area contributed by atoms with Crippen LogP contribution in [0.2, 0.25) is 0 Å². The zero-order chi connectivity index (χ0) is 16.5. The summed E-state index contributed by atoms with van der Waals surface area (Å²) in [5.41, 5.74) is 2.53. The van der Waals surface area contributed by atoms with Gasteiger partial charge in [-0.25, -0.2) is 9.78 Å². The number of aromatic carboxylic acids is 1. The maximum absolute atomic E-state index is 11.0. The number of hydrogen-bond donors (Lipinski definition) is 2. The second-order valence-corrected chi connectivity index (χ2v) is 7.11. The van der Waals surface area contributed by atoms with E-state index in [4.69, 9.17) is 5.11 Å². The molecule has 0 atom stereocenters. The standard InChI is InChI=1S/C17H18N4O2S/c22-17(23)15-10-24-16(19-15)12-3-5-21(6-4-12)9-11-1-2-13-8-18-20-14(13)7-11/h1-2,7-8,10,12H,3-6,9H2,(H,18,20)(H,22,23). The van der Waals surface area contributed by atoms with Gasteiger partial charge in [-0.05, 0) is 37.6 Å². The normalized spacial score (nSPS) is 16.7. The van der Waals surface area contributed by atoms with Crippen molar-refractivity contribution in [3.8, 4) is 0 Å². The van der Waals surface area contributed by atoms with Gasteiger partial charge in [-0.1, -0.05) is 12.1 Å². The lowest BCUT2D eigenvalue weighted by molar-refractivity contribution is 0.0691. The lowest BCUT2D eigenvalue weighted by Gasteiger charge is -2.31. The third-order valence-electron chi connectivity index (χ3n) is 4.59. The highest BCUT2D eigenvalue weighted by Gasteiger charge is 2.24. The Morgan fingerprint density at radius 2 is 2.21 bits per heavy atom. The Bertz CT molecular complexity index is 864. The van der Waals surface area contributed by atoms with Crippen molar-refractivity contribution >= 4 is 28.2 Å². The Kier molecular flexibility index (Phi) is 4.03. The molecule has 1 saturated heterocycles. The van der Waals surface area contributed by atoms with Gasteiger partial charge in [0.2, 0.25) is 0 Å². The van der Waals surface area contributed by atoms with E-state index >= 15 is 0 Å². The maximum atomic E-state index is 11.0. The van der Waals surface area contributed by atoms with E-state index in [1.165, 1.54) is 16.9 Å². The van der Waals surface area contributed by atoms with Gasteiger partial charge in [0.05, 0.1) is 16.7 Å². The van der Waals surface area contributed by atoms with Crippen LogP contribution in [0.4, 0.5) is 0 Å². The van der Waals surface area contributed by atoms with Gasteiger partial charge in [0.25, 0.3) is 0 Å². The van der Waals surface area contributed by atoms with Crippen LogP contribution in [-0.4, -0.2) is 44.2 Å². The topological polar surface area (TPSA) is 82.1 Å². The number of carboxylic acid groups (broad SMARTS) is 1. The molecule has 1 aliphatic rings. The number of benzene rings is 1. The number of H-pyrrole nitrogens is 1. The second-order valence-electron chi connectivity index (χ2n) is 6.22. The molecule has 1 aliphatic heterocycles. The number of carboxylic acids is 1. The number of rotatable bonds is 4. The van der Waals surface area contributed by atoms with Crippen LogP contribution in [0, 0.1) is 0 Å². The minimum atomic E-state index is -0.941. The second kappa shape index (κ2) is 6.33. The minimum absolute atomic E-state index is 0.172. The third-order valence-corrected chi connectivity index (χ3v) is 5.60. The first-order valence-corrected chi connectivity index (χ1v) is 8.90. The summed E-state index contributed by atoms with van der Waals surface area (Å²) in [5, 5.41) is 19.8. The summed E-state index contributed by atoms with van der Waals surface area (Å²) in [6.07, 6.45) is 3.89. The van der Waals surface area contributed by atoms with Gasteiger partial charge in [0, 0.05) is 23.2 Å². The number of aromatic nitrogens is 3. The Labute approximate surface area is 143 Å². The predicted molar refractivity (Wildman–Crippen MR) is 92.4 cm³/mol. The molecule has 6 nitrogen and oxygen atoms in total. The third kappa shape index (κ3) is 3.05. The minimum Gasteiger partial charge on any atom is -0.476 e. The molecule has 1 aromatic carbocycles. The van der Waals surface area contributed by atoms with Crippen molar-refractivity contribution in [2.45, 2.75) is 25.3 Å². The van der Waals surface area contributed by atoms with E-state index in [1.54, 1.807) is 5.38 Å². The number of nitrogens with zero attached hydrogens (tertiary/aromatic N) is 3. The number of nitrogens with one attached hydrogen (secondary N) is 1. The summed E-state index contributed by atoms with van der Waals surface area (Å²) >= 11 is 1.47. The maximum Gasteiger partial charge on any atom is 0.355 e. The van der Waals surface area contributed by atoms with Crippen LogP contribution in [0.5, 0.6) is 0 Å². The van der Waals surface area contributed by atoms with Gasteiger partial charge < -0.3 is 5.11 Å². The summed E-state index contributed by atoms with van der Waals surface area (Å²) in [6.45, 7) is 2.95. The molecule has 0 spiro atoms. The molecular formula is C17H18N4O2S. The monoisotopic (exact) mass is 342 g/mol. The van der Waals surface area contributed by atoms with E-state index in [2.05, 4.69) is 38.3 Å². The van der Waals surface area contributed by atoms with Gasteiger partial charge >= 0.3 is 5.97 Å². The van der Waals surface area contributed by atoms with Crippen LogP contribution < -0.4 is 0 Å². The smallest absolute Gasteiger partial charge is 0.355 e. The van der Waals surface area contributed by atoms with Crippen LogP contribution >= 0.6 is 11.3 Å². The van der Waals surface area contributed by atoms with E-state index in [0.717, 1.165) is 48.4 Å². The molecule has 4 rings (SSSR count). The molecule has 0 bridgehead atoms. The Morgan fingerprint density at radius 3 is 2.96 bits per heavy atom. The molecule has 0 amide bonds. The van der Waals surface area contributed by atoms with Crippen molar-refractivity contribution in [2.75, 3.05) is 13.1 Å². The highest BCUT2D eigenvalue weighted by atomic mass is 32.1. The first kappa shape index (κ1) is 15.3. The fourth-order valence-corrected chi connectivity index (χ4v) is 4.22. The number of hydrogen-bond acceptors (Lipinski definition) is 5. The number of thiazole rings is 1. The lowest BCUT2D eigenvalue weighted by atomic mass is 9.97. The van der Waals surface area contributed by atoms with Crippen LogP contribution in [0.25, 0.3) is 10.9 Å². The number of carbonyl (C=O) groups is 1. The average molecular weight is 342 g/mol. The number of aromatic amines is 1. The number of likely N-dealkylation sites (tertiary alicyclic amines) is 1. The zero-order valence-electron chi connectivity index (χ0n) is 13.1. The summed E-state index contributed by atoms with van der Waals surface area (Å²) < 4.78 is 0. The number of piperidine rings is 1. The van der Waals surface area contributed by atoms with Crippen molar-refractivity contribution < 1.29 is 9.90 Å². The molecule has 24 heavy (non-hydrogen) atoms. The first-order chi connectivity index (χ1) is 11.7. The summed E-state index contributed by atoms with van der Waals surface area (Å²) in [7, 11) is 0. The van der Waals surface area contributed by atoms with Crippen molar-refractivity contribution in [1.82, 2.24) is 20.1 Å². The van der Waals surface area contributed by atoms with Crippen LogP contribution in [0.15, 0.2) is 29.8 Å². The lowest BCUT2D eigenvalue weighted by Crippen LogP contribution is -2.32. The van der Waals surface area contributed by atoms with Crippen LogP contribution in [-0.2, 0) is 6.54 Å². The summed E-state index contributed by atoms with van der Waals surface area (Å²) in [4.78, 5) is 17.7. The average Bonchev–Trinajstić information content (AvgIpc) is 3.24. The highest BCUT2D eigenvalue weighted by Crippen LogP contribution is 2.31. The molecule has 2 N–H and O–H groups in total. The molecule has 0 radical (unpaired) electrons. The zero-order valence-corrected chi connectivity index (χ0v) is 13.9. The Hall–Kier alpha value is -2.25. The number of fused-ring (bicyclic) bond motifs is 1. The molecule has 2 aromatic heterocycles. The molecule has 124 valence electrons.